The first kappa shape index (κ1) is 20.1. The van der Waals surface area contributed by atoms with Gasteiger partial charge in [0, 0.05) is 28.7 Å². The molecule has 4 atom stereocenters. The summed E-state index contributed by atoms with van der Waals surface area (Å²) in [6.45, 7) is 2.59. The molecule has 3 aromatic rings. The molecule has 166 valence electrons. The Morgan fingerprint density at radius 2 is 1.61 bits per heavy atom. The van der Waals surface area contributed by atoms with E-state index in [1.165, 1.54) is 12.1 Å². The molecular formula is C27H24FN3O2. The number of hydrogen-bond donors (Lipinski definition) is 0. The third-order valence-corrected chi connectivity index (χ3v) is 7.57. The van der Waals surface area contributed by atoms with E-state index in [0.717, 1.165) is 45.6 Å². The van der Waals surface area contributed by atoms with E-state index in [0.29, 0.717) is 6.54 Å². The van der Waals surface area contributed by atoms with Gasteiger partial charge in [-0.2, -0.15) is 10.1 Å². The zero-order valence-corrected chi connectivity index (χ0v) is 18.3. The van der Waals surface area contributed by atoms with Gasteiger partial charge in [-0.25, -0.2) is 4.39 Å². The lowest BCUT2D eigenvalue weighted by atomic mass is 9.63. The minimum atomic E-state index is -0.265. The van der Waals surface area contributed by atoms with E-state index in [2.05, 4.69) is 21.8 Å². The van der Waals surface area contributed by atoms with Gasteiger partial charge in [-0.05, 0) is 55.4 Å². The maximum absolute atomic E-state index is 13.3. The molecule has 0 radical (unpaired) electrons. The maximum atomic E-state index is 13.3. The largest absolute Gasteiger partial charge is 0.340 e. The van der Waals surface area contributed by atoms with Gasteiger partial charge in [-0.15, -0.1) is 0 Å². The highest BCUT2D eigenvalue weighted by atomic mass is 19.1. The number of rotatable bonds is 4. The fraction of sp³-hybridized carbons (Fsp3) is 0.296. The van der Waals surface area contributed by atoms with Crippen molar-refractivity contribution >= 4 is 28.9 Å². The molecule has 2 fully saturated rings. The molecule has 2 aromatic carbocycles. The van der Waals surface area contributed by atoms with Gasteiger partial charge in [-0.3, -0.25) is 9.59 Å². The molecule has 6 heteroatoms. The number of nitrogens with zero attached hydrogens (tertiary/aromatic N) is 3. The highest BCUT2D eigenvalue weighted by Gasteiger charge is 2.56. The van der Waals surface area contributed by atoms with E-state index in [1.807, 2.05) is 31.2 Å². The predicted molar refractivity (Wildman–Crippen MR) is 124 cm³/mol. The molecular weight excluding hydrogens is 417 g/mol. The SMILES string of the molecule is Cc1c(/C=N\N2C(=O)[C@@H]3[C@H](C2=O)[C@H]2C=C[C@H]3CC2)c2ccccc2n1Cc1ccc(F)cc1. The quantitative estimate of drug-likeness (QED) is 0.336. The second-order valence-electron chi connectivity index (χ2n) is 9.30. The molecule has 1 aliphatic heterocycles. The van der Waals surface area contributed by atoms with Gasteiger partial charge in [0.05, 0.1) is 18.1 Å². The molecule has 0 spiro atoms. The van der Waals surface area contributed by atoms with Gasteiger partial charge in [0.2, 0.25) is 0 Å². The summed E-state index contributed by atoms with van der Waals surface area (Å²) in [5, 5.41) is 6.55. The Morgan fingerprint density at radius 3 is 2.24 bits per heavy atom. The van der Waals surface area contributed by atoms with E-state index in [-0.39, 0.29) is 41.3 Å². The first-order valence-electron chi connectivity index (χ1n) is 11.5. The number of para-hydroxylation sites is 1. The van der Waals surface area contributed by atoms with E-state index in [9.17, 15) is 14.0 Å². The third kappa shape index (κ3) is 3.08. The van der Waals surface area contributed by atoms with Gasteiger partial charge >= 0.3 is 0 Å². The lowest BCUT2D eigenvalue weighted by molar-refractivity contribution is -0.140. The molecule has 2 heterocycles. The van der Waals surface area contributed by atoms with Crippen molar-refractivity contribution < 1.29 is 14.0 Å². The minimum absolute atomic E-state index is 0.149. The first-order valence-corrected chi connectivity index (χ1v) is 11.5. The lowest BCUT2D eigenvalue weighted by Crippen LogP contribution is -2.38. The second kappa shape index (κ2) is 7.51. The van der Waals surface area contributed by atoms with Crippen molar-refractivity contribution in [2.75, 3.05) is 0 Å². The Kier molecular flexibility index (Phi) is 4.57. The average molecular weight is 442 g/mol. The summed E-state index contributed by atoms with van der Waals surface area (Å²) >= 11 is 0. The smallest absolute Gasteiger partial charge is 0.254 e. The summed E-state index contributed by atoms with van der Waals surface area (Å²) in [6.07, 6.45) is 7.81. The molecule has 5 nitrogen and oxygen atoms in total. The van der Waals surface area contributed by atoms with Crippen LogP contribution in [0.2, 0.25) is 0 Å². The lowest BCUT2D eigenvalue weighted by Gasteiger charge is -2.37. The molecule has 0 N–H and O–H groups in total. The Morgan fingerprint density at radius 1 is 0.970 bits per heavy atom. The van der Waals surface area contributed by atoms with E-state index >= 15 is 0 Å². The maximum Gasteiger partial charge on any atom is 0.254 e. The summed E-state index contributed by atoms with van der Waals surface area (Å²) in [6, 6.07) is 14.5. The monoisotopic (exact) mass is 441 g/mol. The van der Waals surface area contributed by atoms with Crippen LogP contribution in [-0.2, 0) is 16.1 Å². The summed E-state index contributed by atoms with van der Waals surface area (Å²) in [5.74, 6) is -0.837. The van der Waals surface area contributed by atoms with Crippen molar-refractivity contribution in [1.29, 1.82) is 0 Å². The number of amides is 2. The van der Waals surface area contributed by atoms with Crippen molar-refractivity contribution in [1.82, 2.24) is 9.58 Å². The highest BCUT2D eigenvalue weighted by Crippen LogP contribution is 2.49. The third-order valence-electron chi connectivity index (χ3n) is 7.57. The molecule has 2 bridgehead atoms. The van der Waals surface area contributed by atoms with Crippen molar-refractivity contribution in [3.05, 3.63) is 83.3 Å². The Hall–Kier alpha value is -3.54. The molecule has 2 amide bonds. The number of fused-ring (bicyclic) bond motifs is 2. The number of hydrazone groups is 1. The summed E-state index contributed by atoms with van der Waals surface area (Å²) in [4.78, 5) is 26.2. The van der Waals surface area contributed by atoms with Crippen molar-refractivity contribution in [3.8, 4) is 0 Å². The Labute approximate surface area is 191 Å². The number of carbonyl (C=O) groups excluding carboxylic acids is 2. The zero-order chi connectivity index (χ0) is 22.7. The van der Waals surface area contributed by atoms with Gasteiger partial charge in [0.1, 0.15) is 5.82 Å². The van der Waals surface area contributed by atoms with Crippen LogP contribution >= 0.6 is 0 Å². The predicted octanol–water partition coefficient (Wildman–Crippen LogP) is 4.67. The van der Waals surface area contributed by atoms with Crippen LogP contribution in [0.5, 0.6) is 0 Å². The zero-order valence-electron chi connectivity index (χ0n) is 18.3. The van der Waals surface area contributed by atoms with E-state index in [4.69, 9.17) is 0 Å². The van der Waals surface area contributed by atoms with Gasteiger partial charge < -0.3 is 4.57 Å². The molecule has 1 saturated carbocycles. The molecule has 0 unspecified atom stereocenters. The normalized spacial score (nSPS) is 26.2. The molecule has 1 aromatic heterocycles. The van der Waals surface area contributed by atoms with E-state index in [1.54, 1.807) is 18.3 Å². The van der Waals surface area contributed by atoms with Crippen LogP contribution < -0.4 is 0 Å². The number of imide groups is 1. The summed E-state index contributed by atoms with van der Waals surface area (Å²) in [5.41, 5.74) is 3.86. The van der Waals surface area contributed by atoms with E-state index < -0.39 is 0 Å². The second-order valence-corrected chi connectivity index (χ2v) is 9.30. The van der Waals surface area contributed by atoms with Crippen LogP contribution in [0.25, 0.3) is 10.9 Å². The molecule has 7 rings (SSSR count). The number of benzene rings is 2. The van der Waals surface area contributed by atoms with Gasteiger partial charge in [0.25, 0.3) is 11.8 Å². The summed E-state index contributed by atoms with van der Waals surface area (Å²) in [7, 11) is 0. The molecule has 3 aliphatic carbocycles. The molecule has 33 heavy (non-hydrogen) atoms. The van der Waals surface area contributed by atoms with Gasteiger partial charge in [0.15, 0.2) is 0 Å². The van der Waals surface area contributed by atoms with Crippen LogP contribution in [0, 0.1) is 36.4 Å². The molecule has 1 saturated heterocycles. The Bertz CT molecular complexity index is 1310. The summed E-state index contributed by atoms with van der Waals surface area (Å²) < 4.78 is 15.5. The van der Waals surface area contributed by atoms with Gasteiger partial charge in [-0.1, -0.05) is 42.5 Å². The Balaban J connectivity index is 1.35. The number of halogens is 1. The minimum Gasteiger partial charge on any atom is -0.340 e. The standard InChI is InChI=1S/C27H24FN3O2/c1-16-22(14-29-31-26(32)24-18-8-9-19(11-10-18)25(24)27(31)33)21-4-2-3-5-23(21)30(16)15-17-6-12-20(28)13-7-17/h2-9,12-14,18-19,24-25H,10-11,15H2,1H3/b29-14-/t18-,19-,24-,25+/m0/s1. The van der Waals surface area contributed by atoms with Crippen LogP contribution in [0.15, 0.2) is 65.8 Å². The van der Waals surface area contributed by atoms with Crippen LogP contribution in [0.3, 0.4) is 0 Å². The van der Waals surface area contributed by atoms with Crippen LogP contribution in [0.1, 0.15) is 29.7 Å². The van der Waals surface area contributed by atoms with Crippen molar-refractivity contribution in [2.45, 2.75) is 26.3 Å². The first-order chi connectivity index (χ1) is 16.0. The van der Waals surface area contributed by atoms with Crippen LogP contribution in [0.4, 0.5) is 4.39 Å². The number of allylic oxidation sites excluding steroid dienone is 2. The van der Waals surface area contributed by atoms with Crippen LogP contribution in [-0.4, -0.2) is 27.6 Å². The topological polar surface area (TPSA) is 54.7 Å². The highest BCUT2D eigenvalue weighted by molar-refractivity contribution is 6.07. The number of aromatic nitrogens is 1. The fourth-order valence-corrected chi connectivity index (χ4v) is 5.88. The van der Waals surface area contributed by atoms with Crippen molar-refractivity contribution in [2.24, 2.45) is 28.8 Å². The number of hydrogen-bond acceptors (Lipinski definition) is 3. The fourth-order valence-electron chi connectivity index (χ4n) is 5.88. The van der Waals surface area contributed by atoms with Crippen molar-refractivity contribution in [3.63, 3.8) is 0 Å². The average Bonchev–Trinajstić information content (AvgIpc) is 3.26. The molecule has 4 aliphatic rings. The number of carbonyl (C=O) groups is 2.